The number of hydrogen-bond acceptors (Lipinski definition) is 4. The third-order valence-corrected chi connectivity index (χ3v) is 6.06. The molecular weight excluding hydrogens is 364 g/mol. The highest BCUT2D eigenvalue weighted by atomic mass is 35.5. The molecule has 2 N–H and O–H groups in total. The lowest BCUT2D eigenvalue weighted by atomic mass is 10.1. The van der Waals surface area contributed by atoms with E-state index >= 15 is 0 Å². The van der Waals surface area contributed by atoms with Crippen molar-refractivity contribution in [3.05, 3.63) is 28.8 Å². The van der Waals surface area contributed by atoms with E-state index in [2.05, 4.69) is 20.4 Å². The molecular formula is C20H29ClN4O2. The number of anilines is 1. The maximum absolute atomic E-state index is 12.7. The zero-order valence-corrected chi connectivity index (χ0v) is 17.1. The van der Waals surface area contributed by atoms with Crippen LogP contribution < -0.4 is 10.6 Å². The van der Waals surface area contributed by atoms with Crippen LogP contribution in [-0.2, 0) is 9.59 Å². The Kier molecular flexibility index (Phi) is 6.40. The lowest BCUT2D eigenvalue weighted by Crippen LogP contribution is -2.57. The summed E-state index contributed by atoms with van der Waals surface area (Å²) in [6, 6.07) is 5.55. The average molecular weight is 393 g/mol. The molecule has 7 heteroatoms. The minimum atomic E-state index is -0.235. The molecule has 6 nitrogen and oxygen atoms in total. The van der Waals surface area contributed by atoms with Crippen molar-refractivity contribution in [3.63, 3.8) is 0 Å². The molecule has 1 aliphatic heterocycles. The first kappa shape index (κ1) is 20.1. The summed E-state index contributed by atoms with van der Waals surface area (Å²) >= 11 is 6.13. The Morgan fingerprint density at radius 1 is 1.04 bits per heavy atom. The molecule has 0 spiro atoms. The summed E-state index contributed by atoms with van der Waals surface area (Å²) in [6.45, 7) is 8.89. The number of piperazine rings is 1. The molecule has 0 radical (unpaired) electrons. The fourth-order valence-corrected chi connectivity index (χ4v) is 3.55. The van der Waals surface area contributed by atoms with Gasteiger partial charge >= 0.3 is 0 Å². The minimum absolute atomic E-state index is 0.0339. The summed E-state index contributed by atoms with van der Waals surface area (Å²) in [4.78, 5) is 29.2. The van der Waals surface area contributed by atoms with Crippen LogP contribution in [-0.4, -0.2) is 65.9 Å². The Labute approximate surface area is 166 Å². The fourth-order valence-electron chi connectivity index (χ4n) is 3.37. The SMILES string of the molecule is Cc1c(Cl)cccc1NC(=O)C(C)N1CCN(C(C)C(=O)NC2CC2)CC1. The number of nitrogens with one attached hydrogen (secondary N) is 2. The van der Waals surface area contributed by atoms with E-state index in [4.69, 9.17) is 11.6 Å². The van der Waals surface area contributed by atoms with E-state index in [-0.39, 0.29) is 23.9 Å². The maximum atomic E-state index is 12.7. The molecule has 1 aromatic carbocycles. The number of carbonyl (C=O) groups excluding carboxylic acids is 2. The fraction of sp³-hybridized carbons (Fsp3) is 0.600. The summed E-state index contributed by atoms with van der Waals surface area (Å²) in [5.74, 6) is 0.0847. The third-order valence-electron chi connectivity index (χ3n) is 5.65. The van der Waals surface area contributed by atoms with E-state index in [1.807, 2.05) is 39.0 Å². The van der Waals surface area contributed by atoms with Crippen LogP contribution in [0.4, 0.5) is 5.69 Å². The van der Waals surface area contributed by atoms with E-state index in [0.29, 0.717) is 11.1 Å². The van der Waals surface area contributed by atoms with Gasteiger partial charge in [0.25, 0.3) is 0 Å². The number of carbonyl (C=O) groups is 2. The van der Waals surface area contributed by atoms with Crippen molar-refractivity contribution in [1.29, 1.82) is 0 Å². The first-order chi connectivity index (χ1) is 12.9. The number of benzene rings is 1. The van der Waals surface area contributed by atoms with E-state index < -0.39 is 0 Å². The van der Waals surface area contributed by atoms with Crippen LogP contribution >= 0.6 is 11.6 Å². The molecule has 2 aliphatic rings. The lowest BCUT2D eigenvalue weighted by molar-refractivity contribution is -0.128. The molecule has 1 heterocycles. The van der Waals surface area contributed by atoms with Crippen LogP contribution in [0, 0.1) is 6.92 Å². The van der Waals surface area contributed by atoms with Gasteiger partial charge in [-0.15, -0.1) is 0 Å². The molecule has 1 aliphatic carbocycles. The maximum Gasteiger partial charge on any atom is 0.241 e. The zero-order valence-electron chi connectivity index (χ0n) is 16.3. The van der Waals surface area contributed by atoms with Crippen LogP contribution in [0.25, 0.3) is 0 Å². The molecule has 1 aromatic rings. The molecule has 0 bridgehead atoms. The van der Waals surface area contributed by atoms with Crippen LogP contribution in [0.2, 0.25) is 5.02 Å². The molecule has 2 amide bonds. The van der Waals surface area contributed by atoms with Crippen LogP contribution in [0.3, 0.4) is 0 Å². The van der Waals surface area contributed by atoms with Gasteiger partial charge in [0, 0.05) is 42.9 Å². The van der Waals surface area contributed by atoms with Gasteiger partial charge in [-0.3, -0.25) is 19.4 Å². The molecule has 148 valence electrons. The highest BCUT2D eigenvalue weighted by Crippen LogP contribution is 2.23. The molecule has 2 unspecified atom stereocenters. The Morgan fingerprint density at radius 3 is 2.15 bits per heavy atom. The molecule has 3 rings (SSSR count). The van der Waals surface area contributed by atoms with Crippen molar-refractivity contribution in [2.24, 2.45) is 0 Å². The molecule has 1 saturated heterocycles. The standard InChI is InChI=1S/C20H29ClN4O2/c1-13-17(21)5-4-6-18(13)23-20(27)15(3)25-11-9-24(10-12-25)14(2)19(26)22-16-7-8-16/h4-6,14-16H,7-12H2,1-3H3,(H,22,26)(H,23,27). The number of rotatable bonds is 6. The smallest absolute Gasteiger partial charge is 0.241 e. The lowest BCUT2D eigenvalue weighted by Gasteiger charge is -2.39. The third kappa shape index (κ3) is 5.00. The Morgan fingerprint density at radius 2 is 1.59 bits per heavy atom. The van der Waals surface area contributed by atoms with E-state index in [0.717, 1.165) is 50.3 Å². The highest BCUT2D eigenvalue weighted by Gasteiger charge is 2.32. The zero-order chi connectivity index (χ0) is 19.6. The summed E-state index contributed by atoms with van der Waals surface area (Å²) in [6.07, 6.45) is 2.20. The summed E-state index contributed by atoms with van der Waals surface area (Å²) in [7, 11) is 0. The van der Waals surface area contributed by atoms with Gasteiger partial charge in [-0.1, -0.05) is 17.7 Å². The van der Waals surface area contributed by atoms with Gasteiger partial charge in [0.2, 0.25) is 11.8 Å². The van der Waals surface area contributed by atoms with Crippen molar-refractivity contribution in [3.8, 4) is 0 Å². The monoisotopic (exact) mass is 392 g/mol. The van der Waals surface area contributed by atoms with E-state index in [1.54, 1.807) is 0 Å². The van der Waals surface area contributed by atoms with Gasteiger partial charge in [0.15, 0.2) is 0 Å². The summed E-state index contributed by atoms with van der Waals surface area (Å²) < 4.78 is 0. The van der Waals surface area contributed by atoms with Gasteiger partial charge in [0.1, 0.15) is 0 Å². The molecule has 2 fully saturated rings. The molecule has 27 heavy (non-hydrogen) atoms. The van der Waals surface area contributed by atoms with Crippen molar-refractivity contribution >= 4 is 29.1 Å². The number of amides is 2. The quantitative estimate of drug-likeness (QED) is 0.779. The Bertz CT molecular complexity index is 699. The van der Waals surface area contributed by atoms with Crippen LogP contribution in [0.5, 0.6) is 0 Å². The largest absolute Gasteiger partial charge is 0.352 e. The second-order valence-corrected chi connectivity index (χ2v) is 8.02. The number of hydrogen-bond donors (Lipinski definition) is 2. The number of nitrogens with zero attached hydrogens (tertiary/aromatic N) is 2. The van der Waals surface area contributed by atoms with Crippen LogP contribution in [0.15, 0.2) is 18.2 Å². The normalized spacial score (nSPS) is 20.7. The van der Waals surface area contributed by atoms with Gasteiger partial charge in [0.05, 0.1) is 12.1 Å². The molecule has 2 atom stereocenters. The highest BCUT2D eigenvalue weighted by molar-refractivity contribution is 6.31. The van der Waals surface area contributed by atoms with Crippen molar-refractivity contribution in [2.45, 2.75) is 51.7 Å². The Balaban J connectivity index is 1.50. The molecule has 1 saturated carbocycles. The second-order valence-electron chi connectivity index (χ2n) is 7.61. The van der Waals surface area contributed by atoms with Gasteiger partial charge in [-0.05, 0) is 51.3 Å². The van der Waals surface area contributed by atoms with Crippen molar-refractivity contribution in [1.82, 2.24) is 15.1 Å². The first-order valence-electron chi connectivity index (χ1n) is 9.71. The topological polar surface area (TPSA) is 64.7 Å². The Hall–Kier alpha value is -1.63. The first-order valence-corrected chi connectivity index (χ1v) is 10.1. The van der Waals surface area contributed by atoms with Crippen molar-refractivity contribution in [2.75, 3.05) is 31.5 Å². The predicted octanol–water partition coefficient (Wildman–Crippen LogP) is 2.26. The average Bonchev–Trinajstić information content (AvgIpc) is 3.48. The van der Waals surface area contributed by atoms with Gasteiger partial charge < -0.3 is 10.6 Å². The second kappa shape index (κ2) is 8.59. The predicted molar refractivity (Wildman–Crippen MR) is 108 cm³/mol. The molecule has 0 aromatic heterocycles. The van der Waals surface area contributed by atoms with Gasteiger partial charge in [-0.2, -0.15) is 0 Å². The minimum Gasteiger partial charge on any atom is -0.352 e. The van der Waals surface area contributed by atoms with Crippen molar-refractivity contribution < 1.29 is 9.59 Å². The van der Waals surface area contributed by atoms with E-state index in [1.165, 1.54) is 0 Å². The van der Waals surface area contributed by atoms with E-state index in [9.17, 15) is 9.59 Å². The summed E-state index contributed by atoms with van der Waals surface area (Å²) in [5.41, 5.74) is 1.63. The van der Waals surface area contributed by atoms with Crippen LogP contribution in [0.1, 0.15) is 32.3 Å². The number of halogens is 1. The van der Waals surface area contributed by atoms with Gasteiger partial charge in [-0.25, -0.2) is 0 Å². The summed E-state index contributed by atoms with van der Waals surface area (Å²) in [5, 5.41) is 6.70.